The van der Waals surface area contributed by atoms with Crippen molar-refractivity contribution >= 4 is 11.8 Å². The van der Waals surface area contributed by atoms with Crippen LogP contribution in [0.3, 0.4) is 0 Å². The van der Waals surface area contributed by atoms with E-state index in [0.717, 1.165) is 12.1 Å². The van der Waals surface area contributed by atoms with Gasteiger partial charge in [-0.1, -0.05) is 12.2 Å². The summed E-state index contributed by atoms with van der Waals surface area (Å²) >= 11 is 0. The van der Waals surface area contributed by atoms with Crippen molar-refractivity contribution in [2.24, 2.45) is 0 Å². The first-order valence-corrected chi connectivity index (χ1v) is 4.51. The predicted molar refractivity (Wildman–Crippen MR) is 56.0 cm³/mol. The number of nitrogens with one attached hydrogen (secondary N) is 1. The fourth-order valence-corrected chi connectivity index (χ4v) is 1.17. The Bertz CT molecular complexity index is 410. The number of hydrogen-bond donors (Lipinski definition) is 1. The molecule has 86 valence electrons. The van der Waals surface area contributed by atoms with Gasteiger partial charge < -0.3 is 5.32 Å². The molecule has 0 heterocycles. The molecule has 0 aromatic heterocycles. The molecule has 6 heteroatoms. The minimum Gasteiger partial charge on any atom is -0.316 e. The standard InChI is InChI=1S/C10H10F2N2O2/c1-13-4-2-3-7-5-8(11)10(14(15)16)9(12)6-7/h2-3,5-6,13H,4H2,1H3. The van der Waals surface area contributed by atoms with Crippen LogP contribution in [0.1, 0.15) is 5.56 Å². The van der Waals surface area contributed by atoms with Crippen molar-refractivity contribution in [2.75, 3.05) is 13.6 Å². The summed E-state index contributed by atoms with van der Waals surface area (Å²) in [6.45, 7) is 0.542. The molecule has 1 N–H and O–H groups in total. The maximum Gasteiger partial charge on any atom is 0.340 e. The zero-order chi connectivity index (χ0) is 12.1. The molecule has 0 amide bonds. The van der Waals surface area contributed by atoms with Crippen molar-refractivity contribution in [1.82, 2.24) is 5.32 Å². The summed E-state index contributed by atoms with van der Waals surface area (Å²) in [5, 5.41) is 13.1. The highest BCUT2D eigenvalue weighted by molar-refractivity contribution is 5.53. The molecule has 0 saturated heterocycles. The SMILES string of the molecule is CNCC=Cc1cc(F)c([N+](=O)[O-])c(F)c1. The number of halogens is 2. The van der Waals surface area contributed by atoms with E-state index >= 15 is 0 Å². The van der Waals surface area contributed by atoms with Gasteiger partial charge in [-0.2, -0.15) is 8.78 Å². The van der Waals surface area contributed by atoms with E-state index in [-0.39, 0.29) is 5.56 Å². The third kappa shape index (κ3) is 2.83. The van der Waals surface area contributed by atoms with Gasteiger partial charge in [-0.05, 0) is 24.7 Å². The van der Waals surface area contributed by atoms with E-state index < -0.39 is 22.2 Å². The van der Waals surface area contributed by atoms with Gasteiger partial charge in [0.15, 0.2) is 0 Å². The predicted octanol–water partition coefficient (Wildman–Crippen LogP) is 2.11. The Morgan fingerprint density at radius 1 is 1.44 bits per heavy atom. The minimum absolute atomic E-state index is 0.246. The van der Waals surface area contributed by atoms with Crippen molar-refractivity contribution in [2.45, 2.75) is 0 Å². The molecule has 0 unspecified atom stereocenters. The maximum atomic E-state index is 13.1. The molecule has 0 spiro atoms. The first-order valence-electron chi connectivity index (χ1n) is 4.51. The number of hydrogen-bond acceptors (Lipinski definition) is 3. The van der Waals surface area contributed by atoms with Gasteiger partial charge in [-0.25, -0.2) is 0 Å². The Hall–Kier alpha value is -1.82. The molecule has 0 fully saturated rings. The first kappa shape index (κ1) is 12.3. The molecule has 1 aromatic carbocycles. The van der Waals surface area contributed by atoms with Crippen LogP contribution in [0.25, 0.3) is 6.08 Å². The van der Waals surface area contributed by atoms with Gasteiger partial charge in [-0.3, -0.25) is 10.1 Å². The molecule has 16 heavy (non-hydrogen) atoms. The van der Waals surface area contributed by atoms with Gasteiger partial charge in [0, 0.05) is 6.54 Å². The fourth-order valence-electron chi connectivity index (χ4n) is 1.17. The van der Waals surface area contributed by atoms with E-state index in [0.29, 0.717) is 6.54 Å². The third-order valence-electron chi connectivity index (χ3n) is 1.85. The number of rotatable bonds is 4. The number of likely N-dealkylation sites (N-methyl/N-ethyl adjacent to an activating group) is 1. The lowest BCUT2D eigenvalue weighted by Crippen LogP contribution is -2.03. The molecule has 1 rings (SSSR count). The van der Waals surface area contributed by atoms with Gasteiger partial charge in [0.1, 0.15) is 0 Å². The van der Waals surface area contributed by atoms with Crippen molar-refractivity contribution in [3.8, 4) is 0 Å². The molecule has 0 bridgehead atoms. The lowest BCUT2D eigenvalue weighted by molar-refractivity contribution is -0.390. The van der Waals surface area contributed by atoms with Crippen LogP contribution in [0.2, 0.25) is 0 Å². The average Bonchev–Trinajstić information content (AvgIpc) is 2.16. The third-order valence-corrected chi connectivity index (χ3v) is 1.85. The molecule has 0 saturated carbocycles. The van der Waals surface area contributed by atoms with Crippen LogP contribution >= 0.6 is 0 Å². The van der Waals surface area contributed by atoms with Crippen LogP contribution in [-0.2, 0) is 0 Å². The molecule has 0 aliphatic rings. The summed E-state index contributed by atoms with van der Waals surface area (Å²) in [4.78, 5) is 9.23. The molecule has 1 aromatic rings. The van der Waals surface area contributed by atoms with Gasteiger partial charge >= 0.3 is 5.69 Å². The van der Waals surface area contributed by atoms with Crippen molar-refractivity contribution in [1.29, 1.82) is 0 Å². The Morgan fingerprint density at radius 2 is 2.00 bits per heavy atom. The molecule has 0 radical (unpaired) electrons. The molecular formula is C10H10F2N2O2. The van der Waals surface area contributed by atoms with E-state index in [1.165, 1.54) is 6.08 Å². The van der Waals surface area contributed by atoms with Gasteiger partial charge in [0.05, 0.1) is 4.92 Å². The molecule has 0 atom stereocenters. The highest BCUT2D eigenvalue weighted by Crippen LogP contribution is 2.23. The highest BCUT2D eigenvalue weighted by atomic mass is 19.1. The van der Waals surface area contributed by atoms with Crippen LogP contribution in [-0.4, -0.2) is 18.5 Å². The van der Waals surface area contributed by atoms with E-state index in [1.54, 1.807) is 13.1 Å². The zero-order valence-electron chi connectivity index (χ0n) is 8.54. The molecule has 4 nitrogen and oxygen atoms in total. The fraction of sp³-hybridized carbons (Fsp3) is 0.200. The van der Waals surface area contributed by atoms with Crippen LogP contribution in [0.5, 0.6) is 0 Å². The molecule has 0 aliphatic heterocycles. The summed E-state index contributed by atoms with van der Waals surface area (Å²) in [5.41, 5.74) is -0.874. The van der Waals surface area contributed by atoms with Crippen molar-refractivity contribution in [3.63, 3.8) is 0 Å². The quantitative estimate of drug-likeness (QED) is 0.634. The number of nitrogens with zero attached hydrogens (tertiary/aromatic N) is 1. The van der Waals surface area contributed by atoms with E-state index in [9.17, 15) is 18.9 Å². The lowest BCUT2D eigenvalue weighted by Gasteiger charge is -1.98. The summed E-state index contributed by atoms with van der Waals surface area (Å²) in [6.07, 6.45) is 3.13. The van der Waals surface area contributed by atoms with Crippen molar-refractivity contribution < 1.29 is 13.7 Å². The van der Waals surface area contributed by atoms with Gasteiger partial charge in [0.25, 0.3) is 0 Å². The summed E-state index contributed by atoms with van der Waals surface area (Å²) in [5.74, 6) is -2.34. The Labute approximate surface area is 90.7 Å². The van der Waals surface area contributed by atoms with E-state index in [4.69, 9.17) is 0 Å². The van der Waals surface area contributed by atoms with Gasteiger partial charge in [-0.15, -0.1) is 0 Å². The van der Waals surface area contributed by atoms with Crippen LogP contribution < -0.4 is 5.32 Å². The number of nitro groups is 1. The van der Waals surface area contributed by atoms with E-state index in [1.807, 2.05) is 0 Å². The monoisotopic (exact) mass is 228 g/mol. The largest absolute Gasteiger partial charge is 0.340 e. The van der Waals surface area contributed by atoms with Crippen molar-refractivity contribution in [3.05, 3.63) is 45.5 Å². The second kappa shape index (κ2) is 5.32. The normalized spacial score (nSPS) is 10.9. The first-order chi connectivity index (χ1) is 7.56. The molecule has 0 aliphatic carbocycles. The lowest BCUT2D eigenvalue weighted by atomic mass is 10.1. The second-order valence-corrected chi connectivity index (χ2v) is 3.05. The summed E-state index contributed by atoms with van der Waals surface area (Å²) in [6, 6.07) is 1.85. The topological polar surface area (TPSA) is 55.2 Å². The van der Waals surface area contributed by atoms with Gasteiger partial charge in [0.2, 0.25) is 11.6 Å². The van der Waals surface area contributed by atoms with Crippen LogP contribution in [0.15, 0.2) is 18.2 Å². The smallest absolute Gasteiger partial charge is 0.316 e. The average molecular weight is 228 g/mol. The zero-order valence-corrected chi connectivity index (χ0v) is 8.54. The summed E-state index contributed by atoms with van der Waals surface area (Å²) in [7, 11) is 1.72. The summed E-state index contributed by atoms with van der Waals surface area (Å²) < 4.78 is 26.3. The van der Waals surface area contributed by atoms with Crippen LogP contribution in [0, 0.1) is 21.7 Å². The van der Waals surface area contributed by atoms with Crippen LogP contribution in [0.4, 0.5) is 14.5 Å². The molecular weight excluding hydrogens is 218 g/mol. The van der Waals surface area contributed by atoms with E-state index in [2.05, 4.69) is 5.32 Å². The minimum atomic E-state index is -1.17. The highest BCUT2D eigenvalue weighted by Gasteiger charge is 2.21. The maximum absolute atomic E-state index is 13.1. The second-order valence-electron chi connectivity index (χ2n) is 3.05. The Balaban J connectivity index is 3.05. The Kier molecular flexibility index (Phi) is 4.07. The number of benzene rings is 1. The Morgan fingerprint density at radius 3 is 2.44 bits per heavy atom. The number of nitro benzene ring substituents is 1.